The Morgan fingerprint density at radius 1 is 1.10 bits per heavy atom. The quantitative estimate of drug-likeness (QED) is 0.675. The lowest BCUT2D eigenvalue weighted by Gasteiger charge is -2.29. The molecule has 0 unspecified atom stereocenters. The van der Waals surface area contributed by atoms with E-state index >= 15 is 0 Å². The van der Waals surface area contributed by atoms with Gasteiger partial charge in [-0.05, 0) is 49.4 Å². The van der Waals surface area contributed by atoms with Gasteiger partial charge in [-0.1, -0.05) is 0 Å². The van der Waals surface area contributed by atoms with Crippen LogP contribution in [0, 0.1) is 0 Å². The minimum Gasteiger partial charge on any atom is -0.493 e. The number of hydrogen-bond acceptors (Lipinski definition) is 6. The maximum Gasteiger partial charge on any atom is 0.240 e. The Kier molecular flexibility index (Phi) is 5.00. The van der Waals surface area contributed by atoms with Crippen molar-refractivity contribution < 1.29 is 13.2 Å². The summed E-state index contributed by atoms with van der Waals surface area (Å²) in [5, 5.41) is 4.50. The van der Waals surface area contributed by atoms with E-state index in [1.54, 1.807) is 43.0 Å². The van der Waals surface area contributed by atoms with Crippen LogP contribution in [0.25, 0.3) is 11.3 Å². The molecule has 2 aliphatic rings. The van der Waals surface area contributed by atoms with Gasteiger partial charge in [0.25, 0.3) is 0 Å². The van der Waals surface area contributed by atoms with Gasteiger partial charge in [-0.15, -0.1) is 0 Å². The minimum absolute atomic E-state index is 0.0641. The van der Waals surface area contributed by atoms with Crippen LogP contribution in [0.1, 0.15) is 37.3 Å². The van der Waals surface area contributed by atoms with Gasteiger partial charge in [0.05, 0.1) is 35.6 Å². The summed E-state index contributed by atoms with van der Waals surface area (Å²) in [6.45, 7) is 0.613. The van der Waals surface area contributed by atoms with Gasteiger partial charge in [-0.2, -0.15) is 5.10 Å². The Bertz CT molecular complexity index is 1140. The molecule has 1 N–H and O–H groups in total. The Hall–Kier alpha value is -2.78. The van der Waals surface area contributed by atoms with Gasteiger partial charge in [0.15, 0.2) is 0 Å². The van der Waals surface area contributed by atoms with E-state index in [-0.39, 0.29) is 12.1 Å². The lowest BCUT2D eigenvalue weighted by Crippen LogP contribution is -2.38. The fourth-order valence-corrected chi connectivity index (χ4v) is 5.55. The zero-order valence-corrected chi connectivity index (χ0v) is 17.3. The van der Waals surface area contributed by atoms with E-state index in [4.69, 9.17) is 4.74 Å². The summed E-state index contributed by atoms with van der Waals surface area (Å²) in [5.74, 6) is 0.787. The third kappa shape index (κ3) is 3.82. The van der Waals surface area contributed by atoms with E-state index in [9.17, 15) is 8.42 Å². The molecule has 0 atom stereocenters. The van der Waals surface area contributed by atoms with Crippen LogP contribution >= 0.6 is 0 Å². The number of hydrogen-bond donors (Lipinski definition) is 1. The average molecular weight is 426 g/mol. The predicted octanol–water partition coefficient (Wildman–Crippen LogP) is 2.74. The number of fused-ring (bicyclic) bond motifs is 1. The normalized spacial score (nSPS) is 21.2. The van der Waals surface area contributed by atoms with E-state index in [0.717, 1.165) is 54.7 Å². The van der Waals surface area contributed by atoms with Crippen LogP contribution in [0.15, 0.2) is 54.1 Å². The highest BCUT2D eigenvalue weighted by molar-refractivity contribution is 7.89. The fraction of sp³-hybridized carbons (Fsp3) is 0.381. The molecule has 1 saturated carbocycles. The van der Waals surface area contributed by atoms with Crippen molar-refractivity contribution in [3.05, 3.63) is 54.7 Å². The molecule has 2 aromatic heterocycles. The van der Waals surface area contributed by atoms with E-state index in [0.29, 0.717) is 11.5 Å². The highest BCUT2D eigenvalue weighted by Crippen LogP contribution is 2.31. The number of nitrogens with zero attached hydrogens (tertiary/aromatic N) is 4. The van der Waals surface area contributed by atoms with Crippen LogP contribution in [0.5, 0.6) is 5.75 Å². The summed E-state index contributed by atoms with van der Waals surface area (Å²) in [7, 11) is -3.54. The third-order valence-corrected chi connectivity index (χ3v) is 7.34. The van der Waals surface area contributed by atoms with Crippen molar-refractivity contribution in [3.63, 3.8) is 0 Å². The van der Waals surface area contributed by atoms with Gasteiger partial charge in [0, 0.05) is 36.6 Å². The number of ether oxygens (including phenoxy) is 1. The summed E-state index contributed by atoms with van der Waals surface area (Å²) in [6.07, 6.45) is 12.9. The lowest BCUT2D eigenvalue weighted by atomic mass is 9.92. The third-order valence-electron chi connectivity index (χ3n) is 5.82. The molecule has 1 aliphatic heterocycles. The van der Waals surface area contributed by atoms with Crippen LogP contribution in [0.2, 0.25) is 0 Å². The van der Waals surface area contributed by atoms with Crippen molar-refractivity contribution in [2.75, 3.05) is 6.61 Å². The highest BCUT2D eigenvalue weighted by atomic mass is 32.2. The molecule has 0 bridgehead atoms. The van der Waals surface area contributed by atoms with Crippen molar-refractivity contribution in [3.8, 4) is 17.0 Å². The van der Waals surface area contributed by atoms with Crippen LogP contribution in [0.3, 0.4) is 0 Å². The van der Waals surface area contributed by atoms with Crippen LogP contribution in [-0.4, -0.2) is 40.8 Å². The molecule has 5 rings (SSSR count). The second-order valence-electron chi connectivity index (χ2n) is 7.79. The molecule has 1 aliphatic carbocycles. The van der Waals surface area contributed by atoms with E-state index in [2.05, 4.69) is 19.8 Å². The van der Waals surface area contributed by atoms with Crippen molar-refractivity contribution in [1.82, 2.24) is 24.5 Å². The van der Waals surface area contributed by atoms with Crippen LogP contribution in [0.4, 0.5) is 0 Å². The van der Waals surface area contributed by atoms with Gasteiger partial charge in [0.2, 0.25) is 10.0 Å². The smallest absolute Gasteiger partial charge is 0.240 e. The molecule has 3 heterocycles. The summed E-state index contributed by atoms with van der Waals surface area (Å²) in [6, 6.07) is 5.29. The molecule has 0 radical (unpaired) electrons. The Morgan fingerprint density at radius 3 is 2.77 bits per heavy atom. The Labute approximate surface area is 175 Å². The van der Waals surface area contributed by atoms with Gasteiger partial charge in [-0.25, -0.2) is 13.1 Å². The molecular formula is C21H23N5O3S. The van der Waals surface area contributed by atoms with E-state index in [1.165, 1.54) is 0 Å². The highest BCUT2D eigenvalue weighted by Gasteiger charge is 2.28. The number of nitrogens with one attached hydrogen (secondary N) is 1. The molecule has 9 heteroatoms. The van der Waals surface area contributed by atoms with Crippen molar-refractivity contribution in [2.24, 2.45) is 0 Å². The summed E-state index contributed by atoms with van der Waals surface area (Å²) in [4.78, 5) is 8.72. The van der Waals surface area contributed by atoms with Crippen molar-refractivity contribution in [1.29, 1.82) is 0 Å². The zero-order valence-electron chi connectivity index (χ0n) is 16.4. The summed E-state index contributed by atoms with van der Waals surface area (Å²) in [5.41, 5.74) is 2.69. The number of sulfonamides is 1. The molecule has 0 spiro atoms. The predicted molar refractivity (Wildman–Crippen MR) is 111 cm³/mol. The van der Waals surface area contributed by atoms with Crippen LogP contribution in [-0.2, 0) is 16.4 Å². The minimum atomic E-state index is -3.54. The fourth-order valence-electron chi connectivity index (χ4n) is 4.19. The number of aromatic nitrogens is 4. The first-order valence-corrected chi connectivity index (χ1v) is 11.7. The largest absolute Gasteiger partial charge is 0.493 e. The molecule has 156 valence electrons. The first-order valence-electron chi connectivity index (χ1n) is 10.2. The molecule has 0 amide bonds. The molecule has 1 fully saturated rings. The topological polar surface area (TPSA) is 99.0 Å². The zero-order chi connectivity index (χ0) is 20.6. The second kappa shape index (κ2) is 7.81. The average Bonchev–Trinajstić information content (AvgIpc) is 3.44. The lowest BCUT2D eigenvalue weighted by molar-refractivity contribution is 0.294. The number of benzene rings is 1. The van der Waals surface area contributed by atoms with Gasteiger partial charge in [-0.3, -0.25) is 14.6 Å². The Morgan fingerprint density at radius 2 is 1.97 bits per heavy atom. The maximum atomic E-state index is 12.8. The van der Waals surface area contributed by atoms with Crippen molar-refractivity contribution in [2.45, 2.75) is 49.1 Å². The SMILES string of the molecule is O=S(=O)(NC1CCC(n2cc(-c3cnccn3)cn2)CC1)c1ccc2c(c1)CCO2. The molecular weight excluding hydrogens is 402 g/mol. The van der Waals surface area contributed by atoms with E-state index in [1.807, 2.05) is 10.9 Å². The first-order chi connectivity index (χ1) is 14.6. The Balaban J connectivity index is 1.22. The van der Waals surface area contributed by atoms with Gasteiger partial charge >= 0.3 is 0 Å². The van der Waals surface area contributed by atoms with E-state index < -0.39 is 10.0 Å². The van der Waals surface area contributed by atoms with Crippen LogP contribution < -0.4 is 9.46 Å². The molecule has 0 saturated heterocycles. The number of rotatable bonds is 5. The summed E-state index contributed by atoms with van der Waals surface area (Å²) < 4.78 is 36.0. The second-order valence-corrected chi connectivity index (χ2v) is 9.51. The van der Waals surface area contributed by atoms with Crippen molar-refractivity contribution >= 4 is 10.0 Å². The summed E-state index contributed by atoms with van der Waals surface area (Å²) >= 11 is 0. The molecule has 30 heavy (non-hydrogen) atoms. The molecule has 8 nitrogen and oxygen atoms in total. The van der Waals surface area contributed by atoms with Gasteiger partial charge < -0.3 is 4.74 Å². The first kappa shape index (κ1) is 19.2. The maximum absolute atomic E-state index is 12.8. The molecule has 1 aromatic carbocycles. The van der Waals surface area contributed by atoms with Gasteiger partial charge in [0.1, 0.15) is 5.75 Å². The standard InChI is InChI=1S/C21H23N5O3S/c27-30(28,19-5-6-21-15(11-19)7-10-29-21)25-17-1-3-18(4-2-17)26-14-16(12-24-26)20-13-22-8-9-23-20/h5-6,8-9,11-14,17-18,25H,1-4,7,10H2. The molecule has 3 aromatic rings. The monoisotopic (exact) mass is 425 g/mol.